The molecule has 0 heterocycles. The highest BCUT2D eigenvalue weighted by molar-refractivity contribution is 5.79. The molecule has 0 radical (unpaired) electrons. The van der Waals surface area contributed by atoms with Crippen molar-refractivity contribution < 1.29 is 9.53 Å². The molecule has 0 aliphatic carbocycles. The van der Waals surface area contributed by atoms with Gasteiger partial charge in [-0.3, -0.25) is 4.79 Å². The Morgan fingerprint density at radius 2 is 1.94 bits per heavy atom. The molecule has 0 atom stereocenters. The van der Waals surface area contributed by atoms with E-state index in [2.05, 4.69) is 26.0 Å². The van der Waals surface area contributed by atoms with Crippen LogP contribution in [-0.4, -0.2) is 12.9 Å². The fourth-order valence-electron chi connectivity index (χ4n) is 2.22. The smallest absolute Gasteiger partial charge is 0.134 e. The van der Waals surface area contributed by atoms with E-state index >= 15 is 0 Å². The molecule has 0 saturated heterocycles. The van der Waals surface area contributed by atoms with Crippen LogP contribution in [-0.2, 0) is 11.2 Å². The predicted molar refractivity (Wildman–Crippen MR) is 70.7 cm³/mol. The summed E-state index contributed by atoms with van der Waals surface area (Å²) >= 11 is 0. The van der Waals surface area contributed by atoms with Crippen molar-refractivity contribution in [1.82, 2.24) is 0 Å². The van der Waals surface area contributed by atoms with Crippen molar-refractivity contribution in [3.8, 4) is 5.75 Å². The van der Waals surface area contributed by atoms with Gasteiger partial charge in [-0.1, -0.05) is 26.0 Å². The van der Waals surface area contributed by atoms with Crippen LogP contribution in [0.5, 0.6) is 5.75 Å². The SMILES string of the molecule is CCC(CC)c1ccc(OC)c(CC(C)=O)c1. The largest absolute Gasteiger partial charge is 0.496 e. The van der Waals surface area contributed by atoms with Gasteiger partial charge in [0.05, 0.1) is 7.11 Å². The summed E-state index contributed by atoms with van der Waals surface area (Å²) in [5.41, 5.74) is 2.32. The van der Waals surface area contributed by atoms with E-state index in [-0.39, 0.29) is 5.78 Å². The van der Waals surface area contributed by atoms with E-state index in [0.29, 0.717) is 12.3 Å². The van der Waals surface area contributed by atoms with E-state index in [1.54, 1.807) is 14.0 Å². The molecular formula is C15H22O2. The van der Waals surface area contributed by atoms with Crippen molar-refractivity contribution in [1.29, 1.82) is 0 Å². The first kappa shape index (κ1) is 13.8. The van der Waals surface area contributed by atoms with Crippen molar-refractivity contribution in [2.75, 3.05) is 7.11 Å². The lowest BCUT2D eigenvalue weighted by atomic mass is 9.91. The fourth-order valence-corrected chi connectivity index (χ4v) is 2.22. The Labute approximate surface area is 104 Å². The summed E-state index contributed by atoms with van der Waals surface area (Å²) in [5.74, 6) is 1.56. The van der Waals surface area contributed by atoms with E-state index < -0.39 is 0 Å². The first-order valence-electron chi connectivity index (χ1n) is 6.28. The average Bonchev–Trinajstić information content (AvgIpc) is 2.30. The zero-order valence-electron chi connectivity index (χ0n) is 11.2. The van der Waals surface area contributed by atoms with Crippen LogP contribution in [0, 0.1) is 0 Å². The van der Waals surface area contributed by atoms with Crippen molar-refractivity contribution in [3.05, 3.63) is 29.3 Å². The molecule has 2 nitrogen and oxygen atoms in total. The van der Waals surface area contributed by atoms with Crippen LogP contribution in [0.1, 0.15) is 50.7 Å². The van der Waals surface area contributed by atoms with Gasteiger partial charge in [0.1, 0.15) is 11.5 Å². The van der Waals surface area contributed by atoms with Crippen LogP contribution in [0.15, 0.2) is 18.2 Å². The topological polar surface area (TPSA) is 26.3 Å². The van der Waals surface area contributed by atoms with Gasteiger partial charge < -0.3 is 4.74 Å². The van der Waals surface area contributed by atoms with Crippen LogP contribution in [0.4, 0.5) is 0 Å². The standard InChI is InChI=1S/C15H22O2/c1-5-12(6-2)13-7-8-15(17-4)14(10-13)9-11(3)16/h7-8,10,12H,5-6,9H2,1-4H3. The third-order valence-corrected chi connectivity index (χ3v) is 3.20. The lowest BCUT2D eigenvalue weighted by Gasteiger charge is -2.16. The van der Waals surface area contributed by atoms with Crippen molar-refractivity contribution in [2.45, 2.75) is 46.0 Å². The Hall–Kier alpha value is -1.31. The molecule has 94 valence electrons. The maximum atomic E-state index is 11.2. The first-order valence-corrected chi connectivity index (χ1v) is 6.28. The van der Waals surface area contributed by atoms with Crippen molar-refractivity contribution >= 4 is 5.78 Å². The number of ether oxygens (including phenoxy) is 1. The number of rotatable bonds is 6. The molecule has 0 aromatic heterocycles. The number of Topliss-reactive ketones (excluding diaryl/α,β-unsaturated/α-hetero) is 1. The molecule has 0 spiro atoms. The first-order chi connectivity index (χ1) is 8.12. The zero-order chi connectivity index (χ0) is 12.8. The molecule has 0 aliphatic rings. The van der Waals surface area contributed by atoms with Gasteiger partial charge in [-0.2, -0.15) is 0 Å². The van der Waals surface area contributed by atoms with E-state index in [9.17, 15) is 4.79 Å². The Bertz CT molecular complexity index is 379. The van der Waals surface area contributed by atoms with Crippen molar-refractivity contribution in [2.24, 2.45) is 0 Å². The quantitative estimate of drug-likeness (QED) is 0.749. The zero-order valence-corrected chi connectivity index (χ0v) is 11.2. The molecule has 0 N–H and O–H groups in total. The van der Waals surface area contributed by atoms with Crippen LogP contribution in [0.2, 0.25) is 0 Å². The maximum Gasteiger partial charge on any atom is 0.134 e. The molecule has 0 saturated carbocycles. The molecule has 1 rings (SSSR count). The normalized spacial score (nSPS) is 10.6. The molecule has 0 bridgehead atoms. The second kappa shape index (κ2) is 6.43. The van der Waals surface area contributed by atoms with Gasteiger partial charge in [0.25, 0.3) is 0 Å². The second-order valence-electron chi connectivity index (χ2n) is 4.46. The van der Waals surface area contributed by atoms with E-state index in [1.165, 1.54) is 5.56 Å². The Kier molecular flexibility index (Phi) is 5.20. The number of carbonyl (C=O) groups is 1. The summed E-state index contributed by atoms with van der Waals surface area (Å²) in [6.07, 6.45) is 2.71. The van der Waals surface area contributed by atoms with Gasteiger partial charge in [-0.25, -0.2) is 0 Å². The number of benzene rings is 1. The third kappa shape index (κ3) is 3.58. The second-order valence-corrected chi connectivity index (χ2v) is 4.46. The minimum Gasteiger partial charge on any atom is -0.496 e. The third-order valence-electron chi connectivity index (χ3n) is 3.20. The van der Waals surface area contributed by atoms with Crippen LogP contribution in [0.25, 0.3) is 0 Å². The summed E-state index contributed by atoms with van der Waals surface area (Å²) in [6.45, 7) is 6.01. The minimum absolute atomic E-state index is 0.171. The van der Waals surface area contributed by atoms with Gasteiger partial charge in [0.2, 0.25) is 0 Å². The Balaban J connectivity index is 3.07. The molecule has 0 amide bonds. The summed E-state index contributed by atoms with van der Waals surface area (Å²) in [4.78, 5) is 11.2. The molecule has 0 fully saturated rings. The number of carbonyl (C=O) groups excluding carboxylic acids is 1. The number of hydrogen-bond acceptors (Lipinski definition) is 2. The number of ketones is 1. The van der Waals surface area contributed by atoms with Gasteiger partial charge in [-0.15, -0.1) is 0 Å². The lowest BCUT2D eigenvalue weighted by molar-refractivity contribution is -0.116. The molecule has 0 unspecified atom stereocenters. The highest BCUT2D eigenvalue weighted by atomic mass is 16.5. The highest BCUT2D eigenvalue weighted by Gasteiger charge is 2.11. The Morgan fingerprint density at radius 3 is 2.41 bits per heavy atom. The maximum absolute atomic E-state index is 11.2. The minimum atomic E-state index is 0.171. The lowest BCUT2D eigenvalue weighted by Crippen LogP contribution is -2.03. The van der Waals surface area contributed by atoms with Crippen LogP contribution >= 0.6 is 0 Å². The van der Waals surface area contributed by atoms with Gasteiger partial charge in [-0.05, 0) is 37.3 Å². The van der Waals surface area contributed by atoms with Gasteiger partial charge >= 0.3 is 0 Å². The van der Waals surface area contributed by atoms with Gasteiger partial charge in [0, 0.05) is 12.0 Å². The van der Waals surface area contributed by atoms with Crippen LogP contribution < -0.4 is 4.74 Å². The van der Waals surface area contributed by atoms with Crippen molar-refractivity contribution in [3.63, 3.8) is 0 Å². The van der Waals surface area contributed by atoms with Crippen LogP contribution in [0.3, 0.4) is 0 Å². The predicted octanol–water partition coefficient (Wildman–Crippen LogP) is 3.73. The fraction of sp³-hybridized carbons (Fsp3) is 0.533. The van der Waals surface area contributed by atoms with Gasteiger partial charge in [0.15, 0.2) is 0 Å². The summed E-state index contributed by atoms with van der Waals surface area (Å²) in [5, 5.41) is 0. The molecular weight excluding hydrogens is 212 g/mol. The molecule has 17 heavy (non-hydrogen) atoms. The average molecular weight is 234 g/mol. The monoisotopic (exact) mass is 234 g/mol. The van der Waals surface area contributed by atoms with E-state index in [1.807, 2.05) is 6.07 Å². The summed E-state index contributed by atoms with van der Waals surface area (Å²) in [7, 11) is 1.65. The van der Waals surface area contributed by atoms with E-state index in [4.69, 9.17) is 4.74 Å². The molecule has 0 aliphatic heterocycles. The Morgan fingerprint density at radius 1 is 1.29 bits per heavy atom. The number of hydrogen-bond donors (Lipinski definition) is 0. The molecule has 1 aromatic rings. The highest BCUT2D eigenvalue weighted by Crippen LogP contribution is 2.28. The van der Waals surface area contributed by atoms with E-state index in [0.717, 1.165) is 24.2 Å². The number of methoxy groups -OCH3 is 1. The summed E-state index contributed by atoms with van der Waals surface area (Å²) in [6, 6.07) is 6.21. The molecule has 2 heteroatoms. The summed E-state index contributed by atoms with van der Waals surface area (Å²) < 4.78 is 5.30. The molecule has 1 aromatic carbocycles.